The molecular weight excluding hydrogens is 766 g/mol. The summed E-state index contributed by atoms with van der Waals surface area (Å²) in [5.41, 5.74) is 5.73. The molecule has 2 rings (SSSR count). The van der Waals surface area contributed by atoms with Crippen molar-refractivity contribution in [3.8, 4) is 0 Å². The number of carbonyl (C=O) groups excluding carboxylic acids is 4. The second-order valence-electron chi connectivity index (χ2n) is 13.0. The van der Waals surface area contributed by atoms with Gasteiger partial charge >= 0.3 is 33.9 Å². The molecule has 0 saturated heterocycles. The van der Waals surface area contributed by atoms with Gasteiger partial charge < -0.3 is 51.9 Å². The first-order valence-electron chi connectivity index (χ1n) is 17.9. The molecule has 0 spiro atoms. The van der Waals surface area contributed by atoms with Crippen LogP contribution >= 0.6 is 15.6 Å². The van der Waals surface area contributed by atoms with E-state index < -0.39 is 64.4 Å². The van der Waals surface area contributed by atoms with Gasteiger partial charge in [0.2, 0.25) is 11.8 Å². The van der Waals surface area contributed by atoms with Gasteiger partial charge in [0.05, 0.1) is 13.2 Å². The van der Waals surface area contributed by atoms with Gasteiger partial charge in [0.15, 0.2) is 0 Å². The SMILES string of the molecule is CC(C)[C@@H](NC(=O)OC1CC/C=C/CCC1)C(=O)N[C@@H](CCCNC(N)=O)C(=O)Nc1ccc(COP(=O)(O)OP(=O)(O)OCCCCCNC(=O)O)cc1. The van der Waals surface area contributed by atoms with Crippen molar-refractivity contribution in [3.63, 3.8) is 0 Å². The van der Waals surface area contributed by atoms with Gasteiger partial charge in [-0.1, -0.05) is 38.1 Å². The lowest BCUT2D eigenvalue weighted by atomic mass is 10.0. The smallest absolute Gasteiger partial charge is 0.465 e. The zero-order chi connectivity index (χ0) is 40.9. The Balaban J connectivity index is 1.96. The predicted molar refractivity (Wildman–Crippen MR) is 199 cm³/mol. The number of phosphoric acid groups is 2. The van der Waals surface area contributed by atoms with E-state index in [0.29, 0.717) is 31.2 Å². The number of carbonyl (C=O) groups is 5. The highest BCUT2D eigenvalue weighted by Crippen LogP contribution is 2.60. The summed E-state index contributed by atoms with van der Waals surface area (Å²) in [7, 11) is -10.0. The number of amides is 6. The molecule has 1 aromatic carbocycles. The van der Waals surface area contributed by atoms with E-state index in [-0.39, 0.29) is 56.7 Å². The van der Waals surface area contributed by atoms with E-state index in [1.165, 1.54) is 24.3 Å². The van der Waals surface area contributed by atoms with Crippen LogP contribution in [0.4, 0.5) is 20.1 Å². The summed E-state index contributed by atoms with van der Waals surface area (Å²) in [5.74, 6) is -1.61. The molecule has 55 heavy (non-hydrogen) atoms. The number of ether oxygens (including phenoxy) is 1. The van der Waals surface area contributed by atoms with Crippen LogP contribution < -0.4 is 32.3 Å². The molecular formula is C33H54N6O14P2. The van der Waals surface area contributed by atoms with Crippen molar-refractivity contribution in [1.29, 1.82) is 0 Å². The Morgan fingerprint density at radius 2 is 1.53 bits per heavy atom. The fourth-order valence-electron chi connectivity index (χ4n) is 5.17. The number of phosphoric ester groups is 2. The van der Waals surface area contributed by atoms with Crippen LogP contribution in [0.1, 0.15) is 83.6 Å². The fraction of sp³-hybridized carbons (Fsp3) is 0.606. The Morgan fingerprint density at radius 1 is 0.855 bits per heavy atom. The lowest BCUT2D eigenvalue weighted by Crippen LogP contribution is -2.55. The largest absolute Gasteiger partial charge is 0.481 e. The third-order valence-corrected chi connectivity index (χ3v) is 10.6. The van der Waals surface area contributed by atoms with Crippen LogP contribution in [0.5, 0.6) is 0 Å². The summed E-state index contributed by atoms with van der Waals surface area (Å²) in [6.45, 7) is 2.94. The van der Waals surface area contributed by atoms with Gasteiger partial charge in [-0.05, 0) is 87.8 Å². The average Bonchev–Trinajstić information content (AvgIpc) is 3.08. The van der Waals surface area contributed by atoms with Crippen LogP contribution in [0.3, 0.4) is 0 Å². The van der Waals surface area contributed by atoms with Crippen LogP contribution in [-0.2, 0) is 43.4 Å². The zero-order valence-electron chi connectivity index (χ0n) is 31.0. The minimum absolute atomic E-state index is 0.0864. The topological polar surface area (TPSA) is 303 Å². The normalized spacial score (nSPS) is 18.2. The van der Waals surface area contributed by atoms with Crippen molar-refractivity contribution in [1.82, 2.24) is 21.3 Å². The molecule has 0 heterocycles. The standard InChI is InChI=1S/C33H54N6O14P2/c1-23(2)28(39-33(45)52-26-12-7-4-3-5-8-13-26)30(41)38-27(14-11-20-35-31(34)42)29(40)37-25-17-15-24(16-18-25)22-51-55(48,49)53-54(46,47)50-21-10-6-9-19-36-32(43)44/h3-4,15-18,23,26-28,36H,5-14,19-22H2,1-2H3,(H,37,40)(H,38,41)(H,39,45)(H,43,44)(H,46,47)(H,48,49)(H3,34,35,42)/b4-3+/t26?,27-,28+/m0/s1. The highest BCUT2D eigenvalue weighted by Gasteiger charge is 2.35. The molecule has 5 atom stereocenters. The Kier molecular flexibility index (Phi) is 21.0. The number of urea groups is 1. The second-order valence-corrected chi connectivity index (χ2v) is 16.0. The summed E-state index contributed by atoms with van der Waals surface area (Å²) in [6.07, 6.45) is 7.33. The Labute approximate surface area is 319 Å². The van der Waals surface area contributed by atoms with Gasteiger partial charge in [0.1, 0.15) is 18.2 Å². The number of allylic oxidation sites excluding steroid dienone is 2. The molecule has 1 aliphatic rings. The van der Waals surface area contributed by atoms with Gasteiger partial charge in [-0.2, -0.15) is 4.31 Å². The first kappa shape index (κ1) is 47.1. The number of hydrogen-bond donors (Lipinski definition) is 9. The fourth-order valence-corrected chi connectivity index (χ4v) is 7.26. The summed E-state index contributed by atoms with van der Waals surface area (Å²) < 4.78 is 43.8. The van der Waals surface area contributed by atoms with Crippen molar-refractivity contribution in [2.75, 3.05) is 25.0 Å². The number of primary amides is 1. The third kappa shape index (κ3) is 21.0. The van der Waals surface area contributed by atoms with Crippen LogP contribution in [0, 0.1) is 5.92 Å². The Hall–Kier alpha value is -4.03. The maximum absolute atomic E-state index is 13.4. The van der Waals surface area contributed by atoms with E-state index in [4.69, 9.17) is 20.1 Å². The molecule has 6 amide bonds. The lowest BCUT2D eigenvalue weighted by Gasteiger charge is -2.26. The van der Waals surface area contributed by atoms with Gasteiger partial charge in [0.25, 0.3) is 0 Å². The van der Waals surface area contributed by atoms with Crippen molar-refractivity contribution in [3.05, 3.63) is 42.0 Å². The monoisotopic (exact) mass is 820 g/mol. The van der Waals surface area contributed by atoms with Crippen molar-refractivity contribution in [2.24, 2.45) is 11.7 Å². The first-order chi connectivity index (χ1) is 26.0. The van der Waals surface area contributed by atoms with Crippen LogP contribution in [0.25, 0.3) is 0 Å². The molecule has 22 heteroatoms. The second kappa shape index (κ2) is 24.5. The van der Waals surface area contributed by atoms with E-state index in [0.717, 1.165) is 19.3 Å². The summed E-state index contributed by atoms with van der Waals surface area (Å²) >= 11 is 0. The average molecular weight is 821 g/mol. The summed E-state index contributed by atoms with van der Waals surface area (Å²) in [6, 6.07) is 2.87. The van der Waals surface area contributed by atoms with Crippen molar-refractivity contribution < 1.29 is 66.1 Å². The molecule has 0 aliphatic heterocycles. The quantitative estimate of drug-likeness (QED) is 0.0421. The number of rotatable bonds is 23. The first-order valence-corrected chi connectivity index (χ1v) is 20.9. The highest BCUT2D eigenvalue weighted by atomic mass is 31.3. The molecule has 0 aromatic heterocycles. The van der Waals surface area contributed by atoms with Crippen molar-refractivity contribution in [2.45, 2.75) is 103 Å². The van der Waals surface area contributed by atoms with Crippen LogP contribution in [0.2, 0.25) is 0 Å². The minimum atomic E-state index is -5.07. The summed E-state index contributed by atoms with van der Waals surface area (Å²) in [5, 5.41) is 21.1. The Morgan fingerprint density at radius 3 is 2.20 bits per heavy atom. The number of alkyl carbamates (subject to hydrolysis) is 1. The number of benzene rings is 1. The maximum Gasteiger partial charge on any atom is 0.481 e. The van der Waals surface area contributed by atoms with Crippen LogP contribution in [0.15, 0.2) is 36.4 Å². The number of carboxylic acid groups (broad SMARTS) is 1. The lowest BCUT2D eigenvalue weighted by molar-refractivity contribution is -0.128. The number of nitrogens with two attached hydrogens (primary N) is 1. The number of nitrogens with one attached hydrogen (secondary N) is 5. The molecule has 3 unspecified atom stereocenters. The highest BCUT2D eigenvalue weighted by molar-refractivity contribution is 7.61. The molecule has 0 fully saturated rings. The van der Waals surface area contributed by atoms with E-state index in [9.17, 15) is 42.9 Å². The molecule has 10 N–H and O–H groups in total. The van der Waals surface area contributed by atoms with E-state index >= 15 is 0 Å². The number of unbranched alkanes of at least 4 members (excludes halogenated alkanes) is 2. The van der Waals surface area contributed by atoms with E-state index in [1.54, 1.807) is 13.8 Å². The number of anilines is 1. The molecule has 20 nitrogen and oxygen atoms in total. The minimum Gasteiger partial charge on any atom is -0.465 e. The van der Waals surface area contributed by atoms with Gasteiger partial charge in [-0.25, -0.2) is 23.5 Å². The Bertz CT molecular complexity index is 1530. The molecule has 310 valence electrons. The van der Waals surface area contributed by atoms with Gasteiger partial charge in [0, 0.05) is 18.8 Å². The maximum atomic E-state index is 13.4. The molecule has 0 saturated carbocycles. The zero-order valence-corrected chi connectivity index (χ0v) is 32.8. The van der Waals surface area contributed by atoms with Crippen molar-refractivity contribution >= 4 is 51.4 Å². The van der Waals surface area contributed by atoms with E-state index in [2.05, 4.69) is 41.5 Å². The molecule has 1 aliphatic carbocycles. The predicted octanol–water partition coefficient (Wildman–Crippen LogP) is 4.39. The molecule has 0 bridgehead atoms. The summed E-state index contributed by atoms with van der Waals surface area (Å²) in [4.78, 5) is 81.0. The van der Waals surface area contributed by atoms with E-state index in [1.807, 2.05) is 6.08 Å². The number of hydrogen-bond acceptors (Lipinski definition) is 11. The molecule has 1 aromatic rings. The van der Waals surface area contributed by atoms with Crippen LogP contribution in [-0.4, -0.2) is 82.8 Å². The molecule has 0 radical (unpaired) electrons. The third-order valence-electron chi connectivity index (χ3n) is 7.99. The van der Waals surface area contributed by atoms with Gasteiger partial charge in [-0.3, -0.25) is 18.6 Å². The van der Waals surface area contributed by atoms with Gasteiger partial charge in [-0.15, -0.1) is 0 Å².